The first-order chi connectivity index (χ1) is 8.13. The third kappa shape index (κ3) is 2.36. The number of aryl methyl sites for hydroxylation is 2. The zero-order chi connectivity index (χ0) is 12.4. The van der Waals surface area contributed by atoms with Crippen LogP contribution in [0.5, 0.6) is 0 Å². The van der Waals surface area contributed by atoms with E-state index < -0.39 is 0 Å². The van der Waals surface area contributed by atoms with E-state index in [1.54, 1.807) is 4.68 Å². The quantitative estimate of drug-likeness (QED) is 0.943. The Balaban J connectivity index is 2.36. The Morgan fingerprint density at radius 1 is 1.29 bits per heavy atom. The molecule has 0 radical (unpaired) electrons. The average molecular weight is 294 g/mol. The van der Waals surface area contributed by atoms with Crippen LogP contribution in [0.25, 0.3) is 11.3 Å². The molecule has 90 valence electrons. The number of halogens is 1. The first kappa shape index (κ1) is 12.2. The number of aromatic nitrogens is 2. The number of nitrogens with two attached hydrogens (primary N) is 1. The molecule has 0 aliphatic rings. The molecule has 0 saturated carbocycles. The summed E-state index contributed by atoms with van der Waals surface area (Å²) in [5.41, 5.74) is 9.21. The number of hydrogen-bond donors (Lipinski definition) is 1. The van der Waals surface area contributed by atoms with E-state index in [1.807, 2.05) is 7.05 Å². The second kappa shape index (κ2) is 4.92. The monoisotopic (exact) mass is 293 g/mol. The molecule has 1 aromatic heterocycles. The van der Waals surface area contributed by atoms with Crippen LogP contribution in [0, 0.1) is 0 Å². The van der Waals surface area contributed by atoms with Crippen LogP contribution in [-0.4, -0.2) is 9.78 Å². The van der Waals surface area contributed by atoms with Crippen LogP contribution in [0.15, 0.2) is 28.7 Å². The topological polar surface area (TPSA) is 43.8 Å². The normalized spacial score (nSPS) is 10.8. The Bertz CT molecular complexity index is 514. The summed E-state index contributed by atoms with van der Waals surface area (Å²) in [7, 11) is 1.84. The Kier molecular flexibility index (Phi) is 3.52. The van der Waals surface area contributed by atoms with Gasteiger partial charge in [-0.05, 0) is 27.9 Å². The van der Waals surface area contributed by atoms with Crippen molar-refractivity contribution in [3.8, 4) is 11.3 Å². The lowest BCUT2D eigenvalue weighted by Gasteiger charge is -2.01. The van der Waals surface area contributed by atoms with E-state index in [1.165, 1.54) is 12.0 Å². The van der Waals surface area contributed by atoms with Crippen molar-refractivity contribution in [3.63, 3.8) is 0 Å². The minimum absolute atomic E-state index is 0.651. The van der Waals surface area contributed by atoms with Gasteiger partial charge < -0.3 is 5.73 Å². The van der Waals surface area contributed by atoms with Crippen LogP contribution in [0.2, 0.25) is 0 Å². The van der Waals surface area contributed by atoms with Gasteiger partial charge in [-0.3, -0.25) is 4.68 Å². The maximum Gasteiger partial charge on any atom is 0.136 e. The van der Waals surface area contributed by atoms with E-state index in [-0.39, 0.29) is 0 Å². The molecule has 0 aliphatic heterocycles. The van der Waals surface area contributed by atoms with Crippen molar-refractivity contribution < 1.29 is 0 Å². The SMILES string of the molecule is CCCc1ccc(-c2nn(C)c(N)c2Br)cc1. The predicted octanol–water partition coefficient (Wildman–Crippen LogP) is 3.38. The molecule has 17 heavy (non-hydrogen) atoms. The van der Waals surface area contributed by atoms with Gasteiger partial charge in [0.15, 0.2) is 0 Å². The predicted molar refractivity (Wildman–Crippen MR) is 74.8 cm³/mol. The fourth-order valence-corrected chi connectivity index (χ4v) is 2.38. The Hall–Kier alpha value is -1.29. The molecular weight excluding hydrogens is 278 g/mol. The smallest absolute Gasteiger partial charge is 0.136 e. The maximum absolute atomic E-state index is 5.87. The standard InChI is InChI=1S/C13H16BrN3/c1-3-4-9-5-7-10(8-6-9)12-11(14)13(15)17(2)16-12/h5-8H,3-4,15H2,1-2H3. The third-order valence-corrected chi connectivity index (χ3v) is 3.58. The van der Waals surface area contributed by atoms with Gasteiger partial charge in [0.1, 0.15) is 11.5 Å². The summed E-state index contributed by atoms with van der Waals surface area (Å²) in [6.45, 7) is 2.18. The number of nitrogens with zero attached hydrogens (tertiary/aromatic N) is 2. The summed E-state index contributed by atoms with van der Waals surface area (Å²) >= 11 is 3.48. The van der Waals surface area contributed by atoms with Crippen LogP contribution >= 0.6 is 15.9 Å². The van der Waals surface area contributed by atoms with Crippen molar-refractivity contribution in [2.75, 3.05) is 5.73 Å². The van der Waals surface area contributed by atoms with Crippen molar-refractivity contribution >= 4 is 21.7 Å². The fourth-order valence-electron chi connectivity index (χ4n) is 1.81. The van der Waals surface area contributed by atoms with E-state index in [4.69, 9.17) is 5.73 Å². The molecule has 0 spiro atoms. The number of nitrogen functional groups attached to an aromatic ring is 1. The summed E-state index contributed by atoms with van der Waals surface area (Å²) in [5, 5.41) is 4.40. The van der Waals surface area contributed by atoms with Gasteiger partial charge in [-0.1, -0.05) is 37.6 Å². The molecule has 2 N–H and O–H groups in total. The van der Waals surface area contributed by atoms with Gasteiger partial charge in [0, 0.05) is 12.6 Å². The van der Waals surface area contributed by atoms with Gasteiger partial charge in [-0.25, -0.2) is 0 Å². The highest BCUT2D eigenvalue weighted by molar-refractivity contribution is 9.10. The maximum atomic E-state index is 5.87. The Labute approximate surface area is 110 Å². The zero-order valence-electron chi connectivity index (χ0n) is 10.1. The number of rotatable bonds is 3. The molecule has 1 aromatic carbocycles. The second-order valence-corrected chi connectivity index (χ2v) is 4.91. The molecule has 3 nitrogen and oxygen atoms in total. The fraction of sp³-hybridized carbons (Fsp3) is 0.308. The molecule has 2 rings (SSSR count). The largest absolute Gasteiger partial charge is 0.383 e. The average Bonchev–Trinajstić information content (AvgIpc) is 2.59. The van der Waals surface area contributed by atoms with Crippen LogP contribution < -0.4 is 5.73 Å². The van der Waals surface area contributed by atoms with Crippen molar-refractivity contribution in [1.82, 2.24) is 9.78 Å². The van der Waals surface area contributed by atoms with E-state index in [0.717, 1.165) is 22.2 Å². The molecular formula is C13H16BrN3. The molecule has 0 amide bonds. The lowest BCUT2D eigenvalue weighted by atomic mass is 10.1. The van der Waals surface area contributed by atoms with Crippen LogP contribution in [0.3, 0.4) is 0 Å². The van der Waals surface area contributed by atoms with Gasteiger partial charge in [0.25, 0.3) is 0 Å². The molecule has 2 aromatic rings. The number of hydrogen-bond acceptors (Lipinski definition) is 2. The minimum Gasteiger partial charge on any atom is -0.383 e. The van der Waals surface area contributed by atoms with E-state index >= 15 is 0 Å². The highest BCUT2D eigenvalue weighted by atomic mass is 79.9. The first-order valence-corrected chi connectivity index (χ1v) is 6.50. The molecule has 0 fully saturated rings. The Morgan fingerprint density at radius 3 is 2.41 bits per heavy atom. The molecule has 4 heteroatoms. The van der Waals surface area contributed by atoms with Crippen molar-refractivity contribution in [2.24, 2.45) is 7.05 Å². The van der Waals surface area contributed by atoms with Crippen molar-refractivity contribution in [1.29, 1.82) is 0 Å². The summed E-state index contributed by atoms with van der Waals surface area (Å²) in [4.78, 5) is 0. The third-order valence-electron chi connectivity index (χ3n) is 2.80. The lowest BCUT2D eigenvalue weighted by Crippen LogP contribution is -1.97. The van der Waals surface area contributed by atoms with Crippen LogP contribution in [0.1, 0.15) is 18.9 Å². The molecule has 0 atom stereocenters. The van der Waals surface area contributed by atoms with Crippen molar-refractivity contribution in [2.45, 2.75) is 19.8 Å². The molecule has 0 bridgehead atoms. The van der Waals surface area contributed by atoms with E-state index in [2.05, 4.69) is 52.2 Å². The van der Waals surface area contributed by atoms with Gasteiger partial charge >= 0.3 is 0 Å². The zero-order valence-corrected chi connectivity index (χ0v) is 11.7. The van der Waals surface area contributed by atoms with Crippen LogP contribution in [0.4, 0.5) is 5.82 Å². The number of benzene rings is 1. The van der Waals surface area contributed by atoms with E-state index in [0.29, 0.717) is 5.82 Å². The first-order valence-electron chi connectivity index (χ1n) is 5.70. The number of anilines is 1. The van der Waals surface area contributed by atoms with Gasteiger partial charge in [-0.15, -0.1) is 0 Å². The summed E-state index contributed by atoms with van der Waals surface area (Å²) < 4.78 is 2.54. The second-order valence-electron chi connectivity index (χ2n) is 4.12. The molecule has 0 saturated heterocycles. The summed E-state index contributed by atoms with van der Waals surface area (Å²) in [5.74, 6) is 0.651. The Morgan fingerprint density at radius 2 is 1.94 bits per heavy atom. The molecule has 1 heterocycles. The van der Waals surface area contributed by atoms with Gasteiger partial charge in [0.2, 0.25) is 0 Å². The van der Waals surface area contributed by atoms with E-state index in [9.17, 15) is 0 Å². The van der Waals surface area contributed by atoms with Crippen LogP contribution in [-0.2, 0) is 13.5 Å². The molecule has 0 aliphatic carbocycles. The molecule has 0 unspecified atom stereocenters. The highest BCUT2D eigenvalue weighted by Gasteiger charge is 2.12. The minimum atomic E-state index is 0.651. The van der Waals surface area contributed by atoms with Crippen molar-refractivity contribution in [3.05, 3.63) is 34.3 Å². The van der Waals surface area contributed by atoms with Gasteiger partial charge in [-0.2, -0.15) is 5.10 Å². The summed E-state index contributed by atoms with van der Waals surface area (Å²) in [6, 6.07) is 8.49. The lowest BCUT2D eigenvalue weighted by molar-refractivity contribution is 0.782. The highest BCUT2D eigenvalue weighted by Crippen LogP contribution is 2.31. The summed E-state index contributed by atoms with van der Waals surface area (Å²) in [6.07, 6.45) is 2.28. The van der Waals surface area contributed by atoms with Gasteiger partial charge in [0.05, 0.1) is 4.47 Å².